The van der Waals surface area contributed by atoms with Crippen molar-refractivity contribution in [3.05, 3.63) is 35.1 Å². The third kappa shape index (κ3) is 6.41. The molecule has 0 saturated carbocycles. The Morgan fingerprint density at radius 3 is 2.78 bits per heavy atom. The second-order valence-electron chi connectivity index (χ2n) is 10.7. The largest absolute Gasteiger partial charge is 0.481 e. The number of β-lactam (4-membered cyclic amide) rings is 1. The number of rotatable bonds is 12. The lowest BCUT2D eigenvalue weighted by Gasteiger charge is -2.53. The highest BCUT2D eigenvalue weighted by atomic mass is 32.2. The van der Waals surface area contributed by atoms with Gasteiger partial charge in [0.25, 0.3) is 11.8 Å². The quantitative estimate of drug-likeness (QED) is 0.0313. The summed E-state index contributed by atoms with van der Waals surface area (Å²) in [5.41, 5.74) is 5.95. The number of methoxy groups -OCH3 is 1. The molecule has 20 heteroatoms. The van der Waals surface area contributed by atoms with Crippen molar-refractivity contribution in [1.82, 2.24) is 35.2 Å². The molecule has 45 heavy (non-hydrogen) atoms. The van der Waals surface area contributed by atoms with E-state index in [1.165, 1.54) is 47.7 Å². The Morgan fingerprint density at radius 2 is 2.11 bits per heavy atom. The number of fused-ring (bicyclic) bond motifs is 2. The summed E-state index contributed by atoms with van der Waals surface area (Å²) in [5, 5.41) is 23.0. The van der Waals surface area contributed by atoms with Crippen LogP contribution in [0.5, 0.6) is 0 Å². The molecule has 0 aromatic carbocycles. The SMILES string of the molecule is COCc1cc(SCC2(C(=O)O)CS[C@@H]3C(NC(=O)C(=NOC(C)(C)C(=O)NN)c4csc(N)n4)C(=O)N3C2)n2nccc2n1. The van der Waals surface area contributed by atoms with Gasteiger partial charge in [0, 0.05) is 36.6 Å². The van der Waals surface area contributed by atoms with Gasteiger partial charge < -0.3 is 30.6 Å². The zero-order chi connectivity index (χ0) is 32.5. The first-order valence-electron chi connectivity index (χ1n) is 13.3. The van der Waals surface area contributed by atoms with E-state index >= 15 is 0 Å². The number of amides is 3. The van der Waals surface area contributed by atoms with Gasteiger partial charge in [0.15, 0.2) is 16.5 Å². The Kier molecular flexibility index (Phi) is 9.21. The molecule has 0 spiro atoms. The third-order valence-corrected chi connectivity index (χ3v) is 10.6. The number of ether oxygens (including phenoxy) is 1. The van der Waals surface area contributed by atoms with Gasteiger partial charge in [0.05, 0.1) is 18.5 Å². The van der Waals surface area contributed by atoms with Gasteiger partial charge >= 0.3 is 5.97 Å². The van der Waals surface area contributed by atoms with Crippen molar-refractivity contribution in [2.24, 2.45) is 16.4 Å². The smallest absolute Gasteiger partial charge is 0.313 e. The van der Waals surface area contributed by atoms with Crippen LogP contribution in [0.2, 0.25) is 0 Å². The van der Waals surface area contributed by atoms with Gasteiger partial charge in [0.2, 0.25) is 11.5 Å². The van der Waals surface area contributed by atoms with Gasteiger partial charge in [-0.15, -0.1) is 34.9 Å². The first-order valence-corrected chi connectivity index (χ1v) is 16.2. The van der Waals surface area contributed by atoms with Gasteiger partial charge in [0.1, 0.15) is 27.6 Å². The van der Waals surface area contributed by atoms with Crippen LogP contribution in [0.4, 0.5) is 5.13 Å². The minimum atomic E-state index is -1.53. The van der Waals surface area contributed by atoms with Gasteiger partial charge in [-0.05, 0) is 19.9 Å². The fourth-order valence-corrected chi connectivity index (χ4v) is 8.00. The van der Waals surface area contributed by atoms with E-state index in [1.54, 1.807) is 30.0 Å². The fraction of sp³-hybridized carbons (Fsp3) is 0.440. The number of nitrogens with two attached hydrogens (primary N) is 2. The van der Waals surface area contributed by atoms with Crippen LogP contribution in [0.1, 0.15) is 25.2 Å². The van der Waals surface area contributed by atoms with Gasteiger partial charge in [-0.1, -0.05) is 5.16 Å². The lowest BCUT2D eigenvalue weighted by Crippen LogP contribution is -2.74. The number of carbonyl (C=O) groups excluding carboxylic acids is 3. The van der Waals surface area contributed by atoms with Gasteiger partial charge in [-0.25, -0.2) is 20.3 Å². The van der Waals surface area contributed by atoms with E-state index in [4.69, 9.17) is 21.2 Å². The van der Waals surface area contributed by atoms with E-state index in [-0.39, 0.29) is 41.2 Å². The number of nitrogens with one attached hydrogen (secondary N) is 2. The molecule has 2 unspecified atom stereocenters. The second-order valence-corrected chi connectivity index (χ2v) is 13.7. The Hall–Kier alpha value is -3.98. The van der Waals surface area contributed by atoms with Crippen molar-refractivity contribution in [1.29, 1.82) is 0 Å². The lowest BCUT2D eigenvalue weighted by molar-refractivity contribution is -0.157. The Morgan fingerprint density at radius 1 is 1.33 bits per heavy atom. The lowest BCUT2D eigenvalue weighted by atomic mass is 9.89. The molecule has 3 aromatic rings. The number of nitrogen functional groups attached to an aromatic ring is 1. The van der Waals surface area contributed by atoms with Crippen molar-refractivity contribution >= 4 is 75.0 Å². The third-order valence-electron chi connectivity index (χ3n) is 7.08. The van der Waals surface area contributed by atoms with E-state index in [1.807, 2.05) is 5.43 Å². The first-order chi connectivity index (χ1) is 21.4. The minimum Gasteiger partial charge on any atom is -0.481 e. The molecule has 5 heterocycles. The number of hydrogen-bond donors (Lipinski definition) is 5. The predicted molar refractivity (Wildman–Crippen MR) is 165 cm³/mol. The first kappa shape index (κ1) is 32.4. The number of thioether (sulfide) groups is 2. The molecule has 240 valence electrons. The van der Waals surface area contributed by atoms with E-state index in [0.29, 0.717) is 16.4 Å². The van der Waals surface area contributed by atoms with Crippen LogP contribution in [0, 0.1) is 5.41 Å². The van der Waals surface area contributed by atoms with Crippen LogP contribution in [-0.2, 0) is 35.4 Å². The molecule has 3 atom stereocenters. The predicted octanol–water partition coefficient (Wildman–Crippen LogP) is -0.333. The topological polar surface area (TPSA) is 242 Å². The number of carboxylic acid groups (broad SMARTS) is 1. The van der Waals surface area contributed by atoms with Crippen LogP contribution >= 0.6 is 34.9 Å². The molecule has 3 amide bonds. The number of aliphatic carboxylic acids is 1. The number of anilines is 1. The summed E-state index contributed by atoms with van der Waals surface area (Å²) in [4.78, 5) is 66.6. The molecule has 0 aliphatic carbocycles. The zero-order valence-corrected chi connectivity index (χ0v) is 26.7. The van der Waals surface area contributed by atoms with Gasteiger partial charge in [-0.2, -0.15) is 5.10 Å². The minimum absolute atomic E-state index is 0.0501. The standard InChI is InChI=1S/C25H30N10O7S3/c1-24(2,21(38)32-27)42-33-16(13-8-43-23(26)30-13)18(36)31-17-19(37)34-9-25(22(39)40,11-45-20(17)34)10-44-15-6-12(7-41-3)29-14-4-5-28-35(14)15/h4-6,8,17,20H,7,9-11,27H2,1-3H3,(H2,26,30)(H,31,36)(H,32,38)(H,39,40)/t17?,20-,25?/m1/s1. The van der Waals surface area contributed by atoms with E-state index in [2.05, 4.69) is 25.5 Å². The average Bonchev–Trinajstić information content (AvgIpc) is 3.67. The number of thiazole rings is 1. The number of hydrogen-bond acceptors (Lipinski definition) is 15. The van der Waals surface area contributed by atoms with Crippen LogP contribution in [0.25, 0.3) is 5.65 Å². The Labute approximate surface area is 268 Å². The molecule has 2 aliphatic heterocycles. The molecule has 17 nitrogen and oxygen atoms in total. The maximum absolute atomic E-state index is 13.4. The van der Waals surface area contributed by atoms with Crippen molar-refractivity contribution in [2.45, 2.75) is 42.5 Å². The molecule has 2 aliphatic rings. The Bertz CT molecular complexity index is 1680. The molecule has 0 radical (unpaired) electrons. The molecule has 5 rings (SSSR count). The molecule has 7 N–H and O–H groups in total. The summed E-state index contributed by atoms with van der Waals surface area (Å²) < 4.78 is 6.84. The highest BCUT2D eigenvalue weighted by Gasteiger charge is 2.57. The second kappa shape index (κ2) is 12.8. The number of aromatic nitrogens is 4. The van der Waals surface area contributed by atoms with Crippen molar-refractivity contribution in [2.75, 3.05) is 30.9 Å². The zero-order valence-electron chi connectivity index (χ0n) is 24.3. The van der Waals surface area contributed by atoms with Crippen LogP contribution < -0.4 is 22.3 Å². The maximum Gasteiger partial charge on any atom is 0.313 e. The number of carboxylic acids is 1. The normalized spacial score (nSPS) is 21.6. The summed E-state index contributed by atoms with van der Waals surface area (Å²) in [7, 11) is 1.56. The highest BCUT2D eigenvalue weighted by Crippen LogP contribution is 2.44. The summed E-state index contributed by atoms with van der Waals surface area (Å²) >= 11 is 3.62. The van der Waals surface area contributed by atoms with Crippen LogP contribution in [0.3, 0.4) is 0 Å². The van der Waals surface area contributed by atoms with E-state index < -0.39 is 46.1 Å². The molecular formula is C25H30N10O7S3. The average molecular weight is 679 g/mol. The number of hydrazine groups is 1. The molecule has 3 aromatic heterocycles. The molecule has 2 fully saturated rings. The maximum atomic E-state index is 13.4. The van der Waals surface area contributed by atoms with Gasteiger partial charge in [-0.3, -0.25) is 24.6 Å². The van der Waals surface area contributed by atoms with Crippen molar-refractivity contribution < 1.29 is 33.9 Å². The van der Waals surface area contributed by atoms with E-state index in [9.17, 15) is 24.3 Å². The number of nitrogens with zero attached hydrogens (tertiary/aromatic N) is 6. The summed E-state index contributed by atoms with van der Waals surface area (Å²) in [6, 6.07) is 2.59. The molecule has 0 bridgehead atoms. The summed E-state index contributed by atoms with van der Waals surface area (Å²) in [6.45, 7) is 3.02. The number of oxime groups is 1. The fourth-order valence-electron chi connectivity index (χ4n) is 4.56. The van der Waals surface area contributed by atoms with E-state index in [0.717, 1.165) is 11.3 Å². The molecular weight excluding hydrogens is 649 g/mol. The van der Waals surface area contributed by atoms with Crippen LogP contribution in [0.15, 0.2) is 33.9 Å². The summed E-state index contributed by atoms with van der Waals surface area (Å²) in [5.74, 6) is 2.57. The summed E-state index contributed by atoms with van der Waals surface area (Å²) in [6.07, 6.45) is 1.60. The molecule has 2 saturated heterocycles. The monoisotopic (exact) mass is 678 g/mol. The van der Waals surface area contributed by atoms with Crippen molar-refractivity contribution in [3.63, 3.8) is 0 Å². The van der Waals surface area contributed by atoms with Crippen molar-refractivity contribution in [3.8, 4) is 0 Å². The Balaban J connectivity index is 1.29. The van der Waals surface area contributed by atoms with Crippen LogP contribution in [-0.4, -0.2) is 101 Å². The number of carbonyl (C=O) groups is 4. The highest BCUT2D eigenvalue weighted by molar-refractivity contribution is 8.00.